The molecule has 1 heterocycles. The van der Waals surface area contributed by atoms with Crippen LogP contribution in [0.1, 0.15) is 45.4 Å². The van der Waals surface area contributed by atoms with Crippen molar-refractivity contribution in [1.82, 2.24) is 4.90 Å². The molecule has 0 aromatic heterocycles. The number of carbonyl (C=O) groups excluding carboxylic acids is 2. The van der Waals surface area contributed by atoms with E-state index in [4.69, 9.17) is 4.74 Å². The molecule has 1 aliphatic heterocycles. The molecule has 0 aromatic rings. The highest BCUT2D eigenvalue weighted by atomic mass is 16.6. The number of allylic oxidation sites excluding steroid dienone is 1. The smallest absolute Gasteiger partial charge is 0.316 e. The van der Waals surface area contributed by atoms with Gasteiger partial charge >= 0.3 is 5.97 Å². The van der Waals surface area contributed by atoms with Crippen LogP contribution < -0.4 is 0 Å². The summed E-state index contributed by atoms with van der Waals surface area (Å²) in [4.78, 5) is 25.7. The molecule has 2 rings (SSSR count). The van der Waals surface area contributed by atoms with Crippen LogP contribution >= 0.6 is 0 Å². The Balaban J connectivity index is 2.23. The monoisotopic (exact) mass is 265 g/mol. The number of ether oxygens (including phenoxy) is 1. The SMILES string of the molecule is CCC[C@]12CCCC=C1C(CC(=O)N(C)C)OC2=O. The molecular formula is C15H23NO3. The lowest BCUT2D eigenvalue weighted by molar-refractivity contribution is -0.150. The largest absolute Gasteiger partial charge is 0.457 e. The second-order valence-electron chi connectivity index (χ2n) is 5.77. The number of rotatable bonds is 4. The Morgan fingerprint density at radius 2 is 2.26 bits per heavy atom. The van der Waals surface area contributed by atoms with Gasteiger partial charge in [0, 0.05) is 14.1 Å². The fourth-order valence-corrected chi connectivity index (χ4v) is 3.26. The van der Waals surface area contributed by atoms with Crippen molar-refractivity contribution in [2.24, 2.45) is 5.41 Å². The van der Waals surface area contributed by atoms with Crippen molar-refractivity contribution in [2.45, 2.75) is 51.6 Å². The van der Waals surface area contributed by atoms with Gasteiger partial charge in [-0.2, -0.15) is 0 Å². The Labute approximate surface area is 114 Å². The second kappa shape index (κ2) is 5.35. The van der Waals surface area contributed by atoms with Gasteiger partial charge in [-0.05, 0) is 31.3 Å². The van der Waals surface area contributed by atoms with Crippen LogP contribution in [0.15, 0.2) is 11.6 Å². The summed E-state index contributed by atoms with van der Waals surface area (Å²) in [5.41, 5.74) is 0.644. The summed E-state index contributed by atoms with van der Waals surface area (Å²) in [6, 6.07) is 0. The second-order valence-corrected chi connectivity index (χ2v) is 5.77. The molecule has 0 spiro atoms. The molecule has 1 amide bonds. The van der Waals surface area contributed by atoms with Crippen molar-refractivity contribution in [3.8, 4) is 0 Å². The molecule has 2 atom stereocenters. The highest BCUT2D eigenvalue weighted by Gasteiger charge is 2.53. The average molecular weight is 265 g/mol. The van der Waals surface area contributed by atoms with E-state index in [1.807, 2.05) is 0 Å². The van der Waals surface area contributed by atoms with Crippen LogP contribution in [0.25, 0.3) is 0 Å². The first-order valence-electron chi connectivity index (χ1n) is 7.13. The van der Waals surface area contributed by atoms with Gasteiger partial charge in [-0.3, -0.25) is 9.59 Å². The van der Waals surface area contributed by atoms with Crippen molar-refractivity contribution < 1.29 is 14.3 Å². The van der Waals surface area contributed by atoms with E-state index in [1.54, 1.807) is 19.0 Å². The van der Waals surface area contributed by atoms with Gasteiger partial charge in [-0.15, -0.1) is 0 Å². The van der Waals surface area contributed by atoms with Gasteiger partial charge in [-0.25, -0.2) is 0 Å². The Morgan fingerprint density at radius 1 is 1.53 bits per heavy atom. The maximum Gasteiger partial charge on any atom is 0.316 e. The molecule has 19 heavy (non-hydrogen) atoms. The van der Waals surface area contributed by atoms with Gasteiger partial charge < -0.3 is 9.64 Å². The average Bonchev–Trinajstić information content (AvgIpc) is 2.63. The van der Waals surface area contributed by atoms with E-state index in [0.717, 1.165) is 37.7 Å². The minimum absolute atomic E-state index is 0.0107. The summed E-state index contributed by atoms with van der Waals surface area (Å²) in [6.07, 6.45) is 6.77. The van der Waals surface area contributed by atoms with Gasteiger partial charge in [0.2, 0.25) is 5.91 Å². The van der Waals surface area contributed by atoms with Crippen LogP contribution in [0.2, 0.25) is 0 Å². The molecule has 1 aliphatic carbocycles. The summed E-state index contributed by atoms with van der Waals surface area (Å²) >= 11 is 0. The number of hydrogen-bond donors (Lipinski definition) is 0. The van der Waals surface area contributed by atoms with E-state index < -0.39 is 5.41 Å². The number of hydrogen-bond acceptors (Lipinski definition) is 3. The number of nitrogens with zero attached hydrogens (tertiary/aromatic N) is 1. The minimum atomic E-state index is -0.426. The fourth-order valence-electron chi connectivity index (χ4n) is 3.26. The van der Waals surface area contributed by atoms with Crippen molar-refractivity contribution in [3.05, 3.63) is 11.6 Å². The molecule has 1 saturated heterocycles. The Morgan fingerprint density at radius 3 is 2.89 bits per heavy atom. The van der Waals surface area contributed by atoms with E-state index in [9.17, 15) is 9.59 Å². The minimum Gasteiger partial charge on any atom is -0.457 e. The summed E-state index contributed by atoms with van der Waals surface area (Å²) in [5, 5.41) is 0. The first-order chi connectivity index (χ1) is 9.01. The number of esters is 1. The zero-order valence-electron chi connectivity index (χ0n) is 12.1. The Kier molecular flexibility index (Phi) is 3.97. The first-order valence-corrected chi connectivity index (χ1v) is 7.13. The van der Waals surface area contributed by atoms with Gasteiger partial charge in [0.1, 0.15) is 6.10 Å². The molecule has 0 N–H and O–H groups in total. The predicted octanol–water partition coefficient (Wildman–Crippen LogP) is 2.29. The summed E-state index contributed by atoms with van der Waals surface area (Å²) in [6.45, 7) is 2.09. The van der Waals surface area contributed by atoms with Crippen LogP contribution in [0.4, 0.5) is 0 Å². The van der Waals surface area contributed by atoms with E-state index in [-0.39, 0.29) is 24.4 Å². The van der Waals surface area contributed by atoms with E-state index in [1.165, 1.54) is 0 Å². The first kappa shape index (κ1) is 14.1. The molecule has 0 radical (unpaired) electrons. The van der Waals surface area contributed by atoms with Gasteiger partial charge in [0.25, 0.3) is 0 Å². The predicted molar refractivity (Wildman–Crippen MR) is 72.5 cm³/mol. The number of cyclic esters (lactones) is 1. The van der Waals surface area contributed by atoms with Crippen LogP contribution in [0.5, 0.6) is 0 Å². The maximum absolute atomic E-state index is 12.3. The lowest BCUT2D eigenvalue weighted by atomic mass is 9.69. The van der Waals surface area contributed by atoms with Crippen LogP contribution in [-0.4, -0.2) is 37.0 Å². The van der Waals surface area contributed by atoms with Crippen molar-refractivity contribution >= 4 is 11.9 Å². The zero-order valence-corrected chi connectivity index (χ0v) is 12.1. The fraction of sp³-hybridized carbons (Fsp3) is 0.733. The molecular weight excluding hydrogens is 242 g/mol. The molecule has 1 unspecified atom stereocenters. The topological polar surface area (TPSA) is 46.6 Å². The van der Waals surface area contributed by atoms with E-state index in [0.29, 0.717) is 0 Å². The van der Waals surface area contributed by atoms with Crippen molar-refractivity contribution in [2.75, 3.05) is 14.1 Å². The van der Waals surface area contributed by atoms with Crippen molar-refractivity contribution in [3.63, 3.8) is 0 Å². The molecule has 0 saturated carbocycles. The third-order valence-corrected chi connectivity index (χ3v) is 4.25. The molecule has 2 aliphatic rings. The number of carbonyl (C=O) groups is 2. The summed E-state index contributed by atoms with van der Waals surface area (Å²) in [5.74, 6) is -0.103. The number of amides is 1. The summed E-state index contributed by atoms with van der Waals surface area (Å²) < 4.78 is 5.53. The molecule has 106 valence electrons. The lowest BCUT2D eigenvalue weighted by Gasteiger charge is -2.30. The highest BCUT2D eigenvalue weighted by Crippen LogP contribution is 2.50. The van der Waals surface area contributed by atoms with Crippen LogP contribution in [0, 0.1) is 5.41 Å². The maximum atomic E-state index is 12.3. The van der Waals surface area contributed by atoms with Gasteiger partial charge in [0.15, 0.2) is 0 Å². The molecule has 4 nitrogen and oxygen atoms in total. The normalized spacial score (nSPS) is 29.5. The van der Waals surface area contributed by atoms with E-state index >= 15 is 0 Å². The lowest BCUT2D eigenvalue weighted by Crippen LogP contribution is -2.31. The van der Waals surface area contributed by atoms with E-state index in [2.05, 4.69) is 13.0 Å². The standard InChI is InChI=1S/C15H23NO3/c1-4-8-15-9-6-5-7-11(15)12(19-14(15)18)10-13(17)16(2)3/h7,12H,4-6,8-10H2,1-3H3/t12?,15-/m0/s1. The van der Waals surface area contributed by atoms with Crippen LogP contribution in [-0.2, 0) is 14.3 Å². The molecule has 4 heteroatoms. The third-order valence-electron chi connectivity index (χ3n) is 4.25. The van der Waals surface area contributed by atoms with Gasteiger partial charge in [0.05, 0.1) is 11.8 Å². The molecule has 0 aromatic carbocycles. The van der Waals surface area contributed by atoms with Crippen LogP contribution in [0.3, 0.4) is 0 Å². The summed E-state index contributed by atoms with van der Waals surface area (Å²) in [7, 11) is 3.46. The van der Waals surface area contributed by atoms with Gasteiger partial charge in [-0.1, -0.05) is 19.4 Å². The highest BCUT2D eigenvalue weighted by molar-refractivity contribution is 5.86. The quantitative estimate of drug-likeness (QED) is 0.579. The zero-order chi connectivity index (χ0) is 14.0. The molecule has 1 fully saturated rings. The Bertz CT molecular complexity index is 414. The number of fused-ring (bicyclic) bond motifs is 1. The third kappa shape index (κ3) is 2.40. The Hall–Kier alpha value is -1.32. The van der Waals surface area contributed by atoms with Crippen molar-refractivity contribution in [1.29, 1.82) is 0 Å². The molecule has 0 bridgehead atoms.